The third-order valence-corrected chi connectivity index (χ3v) is 3.33. The van der Waals surface area contributed by atoms with E-state index in [1.54, 1.807) is 18.2 Å². The van der Waals surface area contributed by atoms with E-state index in [2.05, 4.69) is 0 Å². The van der Waals surface area contributed by atoms with Crippen molar-refractivity contribution < 1.29 is 8.42 Å². The highest BCUT2D eigenvalue weighted by molar-refractivity contribution is 7.89. The Morgan fingerprint density at radius 2 is 1.53 bits per heavy atom. The van der Waals surface area contributed by atoms with Crippen molar-refractivity contribution in [1.29, 1.82) is 0 Å². The SMILES string of the molecule is Nc1cccc(-c2ccc(S(N)(=O)=O)cc2)c1. The molecule has 0 atom stereocenters. The first-order valence-corrected chi connectivity index (χ1v) is 6.50. The van der Waals surface area contributed by atoms with Crippen LogP contribution < -0.4 is 10.9 Å². The summed E-state index contributed by atoms with van der Waals surface area (Å²) >= 11 is 0. The molecule has 0 amide bonds. The summed E-state index contributed by atoms with van der Waals surface area (Å²) < 4.78 is 22.2. The molecule has 4 N–H and O–H groups in total. The monoisotopic (exact) mass is 248 g/mol. The first-order valence-electron chi connectivity index (χ1n) is 4.95. The fourth-order valence-electron chi connectivity index (χ4n) is 1.56. The smallest absolute Gasteiger partial charge is 0.238 e. The number of nitrogen functional groups attached to an aromatic ring is 1. The van der Waals surface area contributed by atoms with E-state index in [-0.39, 0.29) is 4.90 Å². The summed E-state index contributed by atoms with van der Waals surface area (Å²) in [4.78, 5) is 0.102. The van der Waals surface area contributed by atoms with Gasteiger partial charge in [-0.3, -0.25) is 0 Å². The topological polar surface area (TPSA) is 86.2 Å². The van der Waals surface area contributed by atoms with Gasteiger partial charge in [-0.25, -0.2) is 13.6 Å². The van der Waals surface area contributed by atoms with Gasteiger partial charge in [-0.1, -0.05) is 24.3 Å². The highest BCUT2D eigenvalue weighted by Crippen LogP contribution is 2.22. The first-order chi connectivity index (χ1) is 7.97. The minimum atomic E-state index is -3.63. The normalized spacial score (nSPS) is 11.4. The number of hydrogen-bond donors (Lipinski definition) is 2. The molecule has 17 heavy (non-hydrogen) atoms. The van der Waals surface area contributed by atoms with Crippen molar-refractivity contribution >= 4 is 15.7 Å². The van der Waals surface area contributed by atoms with Crippen LogP contribution in [-0.2, 0) is 10.0 Å². The summed E-state index contributed by atoms with van der Waals surface area (Å²) in [5.74, 6) is 0. The molecule has 0 heterocycles. The van der Waals surface area contributed by atoms with Crippen LogP contribution >= 0.6 is 0 Å². The number of rotatable bonds is 2. The molecule has 4 nitrogen and oxygen atoms in total. The van der Waals surface area contributed by atoms with Crippen LogP contribution in [0.3, 0.4) is 0 Å². The van der Waals surface area contributed by atoms with E-state index in [1.807, 2.05) is 18.2 Å². The largest absolute Gasteiger partial charge is 0.399 e. The van der Waals surface area contributed by atoms with E-state index in [9.17, 15) is 8.42 Å². The van der Waals surface area contributed by atoms with Gasteiger partial charge in [-0.2, -0.15) is 0 Å². The van der Waals surface area contributed by atoms with Crippen LogP contribution in [0.2, 0.25) is 0 Å². The summed E-state index contributed by atoms with van der Waals surface area (Å²) in [7, 11) is -3.63. The van der Waals surface area contributed by atoms with Crippen molar-refractivity contribution in [2.45, 2.75) is 4.90 Å². The van der Waals surface area contributed by atoms with Crippen molar-refractivity contribution in [3.05, 3.63) is 48.5 Å². The molecule has 0 saturated heterocycles. The van der Waals surface area contributed by atoms with E-state index in [0.29, 0.717) is 5.69 Å². The van der Waals surface area contributed by atoms with Crippen LogP contribution in [0.4, 0.5) is 5.69 Å². The maximum atomic E-state index is 11.1. The Labute approximate surface area is 99.9 Å². The third kappa shape index (κ3) is 2.64. The van der Waals surface area contributed by atoms with Gasteiger partial charge in [0.1, 0.15) is 0 Å². The van der Waals surface area contributed by atoms with Crippen LogP contribution in [-0.4, -0.2) is 8.42 Å². The van der Waals surface area contributed by atoms with Gasteiger partial charge < -0.3 is 5.73 Å². The average molecular weight is 248 g/mol. The Kier molecular flexibility index (Phi) is 2.87. The quantitative estimate of drug-likeness (QED) is 0.791. The van der Waals surface area contributed by atoms with Crippen LogP contribution in [0.25, 0.3) is 11.1 Å². The molecule has 5 heteroatoms. The van der Waals surface area contributed by atoms with E-state index in [1.165, 1.54) is 12.1 Å². The molecule has 0 fully saturated rings. The maximum absolute atomic E-state index is 11.1. The molecule has 0 unspecified atom stereocenters. The first kappa shape index (κ1) is 11.6. The van der Waals surface area contributed by atoms with Crippen LogP contribution in [0.15, 0.2) is 53.4 Å². The van der Waals surface area contributed by atoms with Gasteiger partial charge in [0.25, 0.3) is 0 Å². The van der Waals surface area contributed by atoms with Gasteiger partial charge in [-0.05, 0) is 35.4 Å². The molecule has 0 spiro atoms. The molecule has 88 valence electrons. The number of anilines is 1. The van der Waals surface area contributed by atoms with Gasteiger partial charge in [0.2, 0.25) is 10.0 Å². The molecule has 0 radical (unpaired) electrons. The maximum Gasteiger partial charge on any atom is 0.238 e. The molecule has 0 aliphatic carbocycles. The lowest BCUT2D eigenvalue weighted by Crippen LogP contribution is -2.11. The molecule has 0 saturated carbocycles. The lowest BCUT2D eigenvalue weighted by molar-refractivity contribution is 0.598. The van der Waals surface area contributed by atoms with Gasteiger partial charge in [0.15, 0.2) is 0 Å². The zero-order valence-corrected chi connectivity index (χ0v) is 9.81. The van der Waals surface area contributed by atoms with Gasteiger partial charge >= 0.3 is 0 Å². The van der Waals surface area contributed by atoms with Crippen molar-refractivity contribution in [3.8, 4) is 11.1 Å². The molecule has 2 aromatic rings. The Morgan fingerprint density at radius 3 is 2.06 bits per heavy atom. The Hall–Kier alpha value is -1.85. The van der Waals surface area contributed by atoms with Crippen molar-refractivity contribution in [2.24, 2.45) is 5.14 Å². The molecular formula is C12H12N2O2S. The second kappa shape index (κ2) is 4.20. The molecule has 0 aliphatic rings. The van der Waals surface area contributed by atoms with Crippen LogP contribution in [0, 0.1) is 0 Å². The third-order valence-electron chi connectivity index (χ3n) is 2.40. The molecule has 2 rings (SSSR count). The minimum Gasteiger partial charge on any atom is -0.399 e. The highest BCUT2D eigenvalue weighted by Gasteiger charge is 2.07. The zero-order valence-electron chi connectivity index (χ0n) is 9.00. The summed E-state index contributed by atoms with van der Waals surface area (Å²) in [5.41, 5.74) is 8.17. The number of benzene rings is 2. The number of sulfonamides is 1. The summed E-state index contributed by atoms with van der Waals surface area (Å²) in [6.45, 7) is 0. The van der Waals surface area contributed by atoms with Crippen LogP contribution in [0.1, 0.15) is 0 Å². The Morgan fingerprint density at radius 1 is 0.882 bits per heavy atom. The zero-order chi connectivity index (χ0) is 12.5. The molecule has 0 aromatic heterocycles. The van der Waals surface area contributed by atoms with E-state index < -0.39 is 10.0 Å². The average Bonchev–Trinajstić information content (AvgIpc) is 2.28. The minimum absolute atomic E-state index is 0.102. The molecular weight excluding hydrogens is 236 g/mol. The Bertz CT molecular complexity index is 634. The summed E-state index contributed by atoms with van der Waals surface area (Å²) in [6.07, 6.45) is 0. The number of nitrogens with two attached hydrogens (primary N) is 2. The van der Waals surface area contributed by atoms with E-state index in [0.717, 1.165) is 11.1 Å². The van der Waals surface area contributed by atoms with Crippen molar-refractivity contribution in [3.63, 3.8) is 0 Å². The standard InChI is InChI=1S/C12H12N2O2S/c13-11-3-1-2-10(8-11)9-4-6-12(7-5-9)17(14,15)16/h1-8H,13H2,(H2,14,15,16). The van der Waals surface area contributed by atoms with Gasteiger partial charge in [0.05, 0.1) is 4.90 Å². The Balaban J connectivity index is 2.43. The lowest BCUT2D eigenvalue weighted by atomic mass is 10.1. The van der Waals surface area contributed by atoms with E-state index in [4.69, 9.17) is 10.9 Å². The molecule has 2 aromatic carbocycles. The number of primary sulfonamides is 1. The summed E-state index contributed by atoms with van der Waals surface area (Å²) in [5, 5.41) is 5.02. The lowest BCUT2D eigenvalue weighted by Gasteiger charge is -2.04. The summed E-state index contributed by atoms with van der Waals surface area (Å²) in [6, 6.07) is 13.7. The van der Waals surface area contributed by atoms with Gasteiger partial charge in [0, 0.05) is 5.69 Å². The second-order valence-electron chi connectivity index (χ2n) is 3.69. The fourth-order valence-corrected chi connectivity index (χ4v) is 2.07. The molecule has 0 bridgehead atoms. The highest BCUT2D eigenvalue weighted by atomic mass is 32.2. The van der Waals surface area contributed by atoms with Crippen molar-refractivity contribution in [1.82, 2.24) is 0 Å². The fraction of sp³-hybridized carbons (Fsp3) is 0. The predicted octanol–water partition coefficient (Wildman–Crippen LogP) is 1.58. The second-order valence-corrected chi connectivity index (χ2v) is 5.26. The van der Waals surface area contributed by atoms with E-state index >= 15 is 0 Å². The van der Waals surface area contributed by atoms with Crippen LogP contribution in [0.5, 0.6) is 0 Å². The molecule has 0 aliphatic heterocycles. The van der Waals surface area contributed by atoms with Gasteiger partial charge in [-0.15, -0.1) is 0 Å². The number of hydrogen-bond acceptors (Lipinski definition) is 3. The van der Waals surface area contributed by atoms with Crippen molar-refractivity contribution in [2.75, 3.05) is 5.73 Å². The predicted molar refractivity (Wildman–Crippen MR) is 67.7 cm³/mol.